The van der Waals surface area contributed by atoms with E-state index in [1.165, 1.54) is 27.8 Å². The molecule has 0 bridgehead atoms. The molecule has 0 radical (unpaired) electrons. The van der Waals surface area contributed by atoms with Crippen molar-refractivity contribution in [1.82, 2.24) is 0 Å². The maximum Gasteiger partial charge on any atom is 0.123 e. The molecule has 1 nitrogen and oxygen atoms in total. The van der Waals surface area contributed by atoms with Crippen molar-refractivity contribution in [1.29, 1.82) is 0 Å². The average Bonchev–Trinajstić information content (AvgIpc) is 2.94. The third-order valence-electron chi connectivity index (χ3n) is 3.15. The minimum Gasteiger partial charge on any atom is -0.323 e. The van der Waals surface area contributed by atoms with Crippen molar-refractivity contribution < 1.29 is 4.39 Å². The number of rotatable bonds is 4. The van der Waals surface area contributed by atoms with Gasteiger partial charge in [-0.1, -0.05) is 18.2 Å². The van der Waals surface area contributed by atoms with Gasteiger partial charge < -0.3 is 5.73 Å². The molecule has 2 aromatic carbocycles. The van der Waals surface area contributed by atoms with Gasteiger partial charge in [0.1, 0.15) is 5.82 Å². The van der Waals surface area contributed by atoms with Crippen LogP contribution in [0.4, 0.5) is 4.39 Å². The summed E-state index contributed by atoms with van der Waals surface area (Å²) in [5, 5.41) is 3.34. The quantitative estimate of drug-likeness (QED) is 0.698. The second kappa shape index (κ2) is 5.95. The second-order valence-corrected chi connectivity index (χ2v) is 6.57. The average molecular weight is 303 g/mol. The van der Waals surface area contributed by atoms with E-state index >= 15 is 0 Å². The van der Waals surface area contributed by atoms with Crippen LogP contribution in [0.2, 0.25) is 0 Å². The standard InChI is InChI=1S/C16H14FNS2/c17-12-4-6-13(7-5-12)20-10-15(18)14-3-1-2-11-8-9-19-16(11)14/h1-9,15H,10,18H2. The molecule has 1 unspecified atom stereocenters. The molecule has 3 rings (SSSR count). The minimum atomic E-state index is -0.206. The van der Waals surface area contributed by atoms with Crippen LogP contribution in [-0.2, 0) is 0 Å². The van der Waals surface area contributed by atoms with Gasteiger partial charge in [0.15, 0.2) is 0 Å². The first-order valence-electron chi connectivity index (χ1n) is 6.34. The molecular weight excluding hydrogens is 289 g/mol. The van der Waals surface area contributed by atoms with E-state index in [1.807, 2.05) is 6.07 Å². The molecule has 1 atom stereocenters. The lowest BCUT2D eigenvalue weighted by Crippen LogP contribution is -2.12. The number of halogens is 1. The van der Waals surface area contributed by atoms with E-state index in [1.54, 1.807) is 35.2 Å². The Bertz CT molecular complexity index is 706. The summed E-state index contributed by atoms with van der Waals surface area (Å²) in [6, 6.07) is 14.9. The van der Waals surface area contributed by atoms with Crippen LogP contribution in [0, 0.1) is 5.82 Å². The number of hydrogen-bond donors (Lipinski definition) is 1. The number of nitrogens with two attached hydrogens (primary N) is 1. The van der Waals surface area contributed by atoms with Gasteiger partial charge in [-0.15, -0.1) is 23.1 Å². The maximum absolute atomic E-state index is 12.9. The molecule has 4 heteroatoms. The third-order valence-corrected chi connectivity index (χ3v) is 5.26. The summed E-state index contributed by atoms with van der Waals surface area (Å²) in [7, 11) is 0. The highest BCUT2D eigenvalue weighted by Crippen LogP contribution is 2.31. The molecule has 1 heterocycles. The summed E-state index contributed by atoms with van der Waals surface area (Å²) in [4.78, 5) is 1.04. The van der Waals surface area contributed by atoms with Gasteiger partial charge in [0, 0.05) is 21.4 Å². The fourth-order valence-corrected chi connectivity index (χ4v) is 3.97. The van der Waals surface area contributed by atoms with Crippen LogP contribution < -0.4 is 5.73 Å². The lowest BCUT2D eigenvalue weighted by Gasteiger charge is -2.12. The van der Waals surface area contributed by atoms with Crippen molar-refractivity contribution >= 4 is 33.2 Å². The Morgan fingerprint density at radius 3 is 2.70 bits per heavy atom. The first-order chi connectivity index (χ1) is 9.74. The predicted octanol–water partition coefficient (Wildman–Crippen LogP) is 4.83. The van der Waals surface area contributed by atoms with Gasteiger partial charge in [0.25, 0.3) is 0 Å². The van der Waals surface area contributed by atoms with E-state index < -0.39 is 0 Å². The first-order valence-corrected chi connectivity index (χ1v) is 8.20. The Labute approximate surface area is 125 Å². The van der Waals surface area contributed by atoms with Gasteiger partial charge in [-0.3, -0.25) is 0 Å². The summed E-state index contributed by atoms with van der Waals surface area (Å²) in [6.45, 7) is 0. The summed E-state index contributed by atoms with van der Waals surface area (Å²) in [5.74, 6) is 0.574. The Morgan fingerprint density at radius 1 is 1.10 bits per heavy atom. The largest absolute Gasteiger partial charge is 0.323 e. The Balaban J connectivity index is 1.74. The van der Waals surface area contributed by atoms with Crippen molar-refractivity contribution in [2.45, 2.75) is 10.9 Å². The summed E-state index contributed by atoms with van der Waals surface area (Å²) in [5.41, 5.74) is 7.50. The van der Waals surface area contributed by atoms with Gasteiger partial charge >= 0.3 is 0 Å². The van der Waals surface area contributed by atoms with E-state index in [4.69, 9.17) is 5.73 Å². The number of thiophene rings is 1. The van der Waals surface area contributed by atoms with Gasteiger partial charge in [0.05, 0.1) is 0 Å². The van der Waals surface area contributed by atoms with E-state index in [9.17, 15) is 4.39 Å². The highest BCUT2D eigenvalue weighted by atomic mass is 32.2. The molecule has 0 amide bonds. The zero-order valence-electron chi connectivity index (χ0n) is 10.8. The molecule has 102 valence electrons. The highest BCUT2D eigenvalue weighted by Gasteiger charge is 2.11. The molecule has 0 aliphatic rings. The molecule has 1 aromatic heterocycles. The van der Waals surface area contributed by atoms with E-state index in [0.717, 1.165) is 10.6 Å². The second-order valence-electron chi connectivity index (χ2n) is 4.56. The fraction of sp³-hybridized carbons (Fsp3) is 0.125. The topological polar surface area (TPSA) is 26.0 Å². The van der Waals surface area contributed by atoms with Crippen molar-refractivity contribution in [3.05, 3.63) is 65.3 Å². The van der Waals surface area contributed by atoms with Crippen LogP contribution in [0.15, 0.2) is 58.8 Å². The number of benzene rings is 2. The zero-order valence-corrected chi connectivity index (χ0v) is 12.4. The van der Waals surface area contributed by atoms with E-state index in [0.29, 0.717) is 0 Å². The fourth-order valence-electron chi connectivity index (χ4n) is 2.11. The molecule has 0 saturated heterocycles. The molecule has 0 saturated carbocycles. The van der Waals surface area contributed by atoms with Gasteiger partial charge in [-0.25, -0.2) is 4.39 Å². The molecule has 3 aromatic rings. The first kappa shape index (κ1) is 13.6. The number of hydrogen-bond acceptors (Lipinski definition) is 3. The molecule has 2 N–H and O–H groups in total. The summed E-state index contributed by atoms with van der Waals surface area (Å²) in [6.07, 6.45) is 0. The lowest BCUT2D eigenvalue weighted by atomic mass is 10.1. The van der Waals surface area contributed by atoms with Gasteiger partial charge in [-0.05, 0) is 46.7 Å². The monoisotopic (exact) mass is 303 g/mol. The van der Waals surface area contributed by atoms with Crippen LogP contribution >= 0.6 is 23.1 Å². The van der Waals surface area contributed by atoms with Gasteiger partial charge in [-0.2, -0.15) is 0 Å². The third kappa shape index (κ3) is 2.87. The maximum atomic E-state index is 12.9. The van der Waals surface area contributed by atoms with Crippen LogP contribution in [0.1, 0.15) is 11.6 Å². The normalized spacial score (nSPS) is 12.7. The highest BCUT2D eigenvalue weighted by molar-refractivity contribution is 7.99. The van der Waals surface area contributed by atoms with Crippen molar-refractivity contribution in [2.24, 2.45) is 5.73 Å². The molecule has 0 aliphatic carbocycles. The molecule has 0 spiro atoms. The Kier molecular flexibility index (Phi) is 4.05. The van der Waals surface area contributed by atoms with Gasteiger partial charge in [0.2, 0.25) is 0 Å². The van der Waals surface area contributed by atoms with Crippen LogP contribution in [0.3, 0.4) is 0 Å². The summed E-state index contributed by atoms with van der Waals surface area (Å²) >= 11 is 3.38. The van der Waals surface area contributed by atoms with E-state index in [2.05, 4.69) is 23.6 Å². The lowest BCUT2D eigenvalue weighted by molar-refractivity contribution is 0.626. The number of fused-ring (bicyclic) bond motifs is 1. The van der Waals surface area contributed by atoms with Crippen molar-refractivity contribution in [2.75, 3.05) is 5.75 Å². The molecule has 20 heavy (non-hydrogen) atoms. The van der Waals surface area contributed by atoms with E-state index in [-0.39, 0.29) is 11.9 Å². The number of thioether (sulfide) groups is 1. The van der Waals surface area contributed by atoms with Crippen LogP contribution in [-0.4, -0.2) is 5.75 Å². The van der Waals surface area contributed by atoms with Crippen LogP contribution in [0.5, 0.6) is 0 Å². The van der Waals surface area contributed by atoms with Crippen LogP contribution in [0.25, 0.3) is 10.1 Å². The minimum absolute atomic E-state index is 0.0209. The molecule has 0 aliphatic heterocycles. The SMILES string of the molecule is NC(CSc1ccc(F)cc1)c1cccc2ccsc12. The van der Waals surface area contributed by atoms with Crippen molar-refractivity contribution in [3.8, 4) is 0 Å². The zero-order chi connectivity index (χ0) is 13.9. The smallest absolute Gasteiger partial charge is 0.123 e. The molecular formula is C16H14FNS2. The van der Waals surface area contributed by atoms with Crippen molar-refractivity contribution in [3.63, 3.8) is 0 Å². The molecule has 0 fully saturated rings. The Morgan fingerprint density at radius 2 is 1.90 bits per heavy atom. The summed E-state index contributed by atoms with van der Waals surface area (Å²) < 4.78 is 14.1. The Hall–Kier alpha value is -1.36. The predicted molar refractivity (Wildman–Crippen MR) is 85.9 cm³/mol.